The molecule has 0 saturated heterocycles. The lowest BCUT2D eigenvalue weighted by Gasteiger charge is -2.15. The molecule has 0 aliphatic rings. The third-order valence-corrected chi connectivity index (χ3v) is 3.06. The van der Waals surface area contributed by atoms with Gasteiger partial charge in [0.15, 0.2) is 0 Å². The Balaban J connectivity index is 2.20. The molecule has 0 amide bonds. The summed E-state index contributed by atoms with van der Waals surface area (Å²) in [5.74, 6) is -0.582. The van der Waals surface area contributed by atoms with Crippen LogP contribution >= 0.6 is 0 Å². The van der Waals surface area contributed by atoms with Crippen LogP contribution in [0.1, 0.15) is 29.7 Å². The molecule has 0 unspecified atom stereocenters. The van der Waals surface area contributed by atoms with Gasteiger partial charge < -0.3 is 10.5 Å². The number of benzene rings is 2. The van der Waals surface area contributed by atoms with Gasteiger partial charge in [0, 0.05) is 23.2 Å². The molecule has 2 rings (SSSR count). The van der Waals surface area contributed by atoms with Gasteiger partial charge in [-0.15, -0.1) is 0 Å². The molecular formula is C16H17F2NO. The van der Waals surface area contributed by atoms with Crippen LogP contribution in [0.3, 0.4) is 0 Å². The highest BCUT2D eigenvalue weighted by atomic mass is 19.1. The van der Waals surface area contributed by atoms with E-state index in [1.165, 1.54) is 12.1 Å². The minimum atomic E-state index is -0.611. The van der Waals surface area contributed by atoms with E-state index in [0.29, 0.717) is 11.3 Å². The summed E-state index contributed by atoms with van der Waals surface area (Å²) in [5, 5.41) is 0. The molecule has 2 aromatic rings. The predicted octanol–water partition coefficient (Wildman–Crippen LogP) is 3.87. The molecule has 2 N–H and O–H groups in total. The molecule has 0 spiro atoms. The van der Waals surface area contributed by atoms with Crippen LogP contribution in [0.2, 0.25) is 0 Å². The summed E-state index contributed by atoms with van der Waals surface area (Å²) in [4.78, 5) is 0. The second kappa shape index (κ2) is 6.01. The van der Waals surface area contributed by atoms with Gasteiger partial charge in [-0.1, -0.05) is 12.1 Å². The van der Waals surface area contributed by atoms with Gasteiger partial charge in [0.05, 0.1) is 0 Å². The van der Waals surface area contributed by atoms with Crippen molar-refractivity contribution >= 4 is 0 Å². The van der Waals surface area contributed by atoms with Crippen LogP contribution in [-0.2, 0) is 6.61 Å². The Labute approximate surface area is 117 Å². The molecule has 0 heterocycles. The molecule has 2 nitrogen and oxygen atoms in total. The predicted molar refractivity (Wildman–Crippen MR) is 74.5 cm³/mol. The fraction of sp³-hybridized carbons (Fsp3) is 0.250. The maximum absolute atomic E-state index is 13.5. The van der Waals surface area contributed by atoms with E-state index in [4.69, 9.17) is 10.5 Å². The number of aryl methyl sites for hydroxylation is 1. The number of halogens is 2. The highest BCUT2D eigenvalue weighted by Crippen LogP contribution is 2.26. The van der Waals surface area contributed by atoms with Crippen molar-refractivity contribution in [2.75, 3.05) is 0 Å². The van der Waals surface area contributed by atoms with Crippen LogP contribution in [0.5, 0.6) is 5.75 Å². The Morgan fingerprint density at radius 2 is 1.90 bits per heavy atom. The van der Waals surface area contributed by atoms with E-state index < -0.39 is 11.6 Å². The number of hydrogen-bond donors (Lipinski definition) is 1. The van der Waals surface area contributed by atoms with Gasteiger partial charge in [-0.25, -0.2) is 8.78 Å². The molecule has 0 radical (unpaired) electrons. The molecular weight excluding hydrogens is 260 g/mol. The maximum Gasteiger partial charge on any atom is 0.132 e. The minimum Gasteiger partial charge on any atom is -0.488 e. The van der Waals surface area contributed by atoms with Crippen LogP contribution in [0, 0.1) is 18.6 Å². The second-order valence-electron chi connectivity index (χ2n) is 4.85. The SMILES string of the molecule is Cc1ccc([C@@H](C)N)c(OCc2ccc(F)cc2F)c1. The maximum atomic E-state index is 13.5. The van der Waals surface area contributed by atoms with E-state index in [1.807, 2.05) is 32.0 Å². The zero-order valence-electron chi connectivity index (χ0n) is 11.5. The van der Waals surface area contributed by atoms with Crippen molar-refractivity contribution < 1.29 is 13.5 Å². The zero-order chi connectivity index (χ0) is 14.7. The molecule has 4 heteroatoms. The Morgan fingerprint density at radius 1 is 1.15 bits per heavy atom. The van der Waals surface area contributed by atoms with Crippen LogP contribution in [0.4, 0.5) is 8.78 Å². The summed E-state index contributed by atoms with van der Waals surface area (Å²) in [7, 11) is 0. The lowest BCUT2D eigenvalue weighted by molar-refractivity contribution is 0.295. The number of ether oxygens (including phenoxy) is 1. The monoisotopic (exact) mass is 277 g/mol. The highest BCUT2D eigenvalue weighted by Gasteiger charge is 2.10. The largest absolute Gasteiger partial charge is 0.488 e. The number of nitrogens with two attached hydrogens (primary N) is 1. The van der Waals surface area contributed by atoms with Gasteiger partial charge in [0.1, 0.15) is 24.0 Å². The lowest BCUT2D eigenvalue weighted by Crippen LogP contribution is -2.08. The molecule has 1 atom stereocenters. The van der Waals surface area contributed by atoms with Crippen molar-refractivity contribution in [1.29, 1.82) is 0 Å². The van der Waals surface area contributed by atoms with Gasteiger partial charge in [-0.2, -0.15) is 0 Å². The van der Waals surface area contributed by atoms with Gasteiger partial charge in [-0.05, 0) is 37.6 Å². The first-order valence-electron chi connectivity index (χ1n) is 6.40. The van der Waals surface area contributed by atoms with Gasteiger partial charge in [0.25, 0.3) is 0 Å². The minimum absolute atomic E-state index is 0.0370. The Hall–Kier alpha value is -1.94. The van der Waals surface area contributed by atoms with E-state index in [0.717, 1.165) is 17.2 Å². The van der Waals surface area contributed by atoms with Crippen molar-refractivity contribution in [2.45, 2.75) is 26.5 Å². The summed E-state index contributed by atoms with van der Waals surface area (Å²) >= 11 is 0. The number of hydrogen-bond acceptors (Lipinski definition) is 2. The molecule has 0 saturated carbocycles. The summed E-state index contributed by atoms with van der Waals surface area (Å²) < 4.78 is 32.0. The van der Waals surface area contributed by atoms with Crippen LogP contribution in [-0.4, -0.2) is 0 Å². The fourth-order valence-corrected chi connectivity index (χ4v) is 1.94. The smallest absolute Gasteiger partial charge is 0.132 e. The van der Waals surface area contributed by atoms with Crippen molar-refractivity contribution in [3.63, 3.8) is 0 Å². The second-order valence-corrected chi connectivity index (χ2v) is 4.85. The summed E-state index contributed by atoms with van der Waals surface area (Å²) in [6.07, 6.45) is 0. The first-order valence-corrected chi connectivity index (χ1v) is 6.40. The van der Waals surface area contributed by atoms with Gasteiger partial charge in [-0.3, -0.25) is 0 Å². The quantitative estimate of drug-likeness (QED) is 0.920. The molecule has 106 valence electrons. The average Bonchev–Trinajstić information content (AvgIpc) is 2.37. The summed E-state index contributed by atoms with van der Waals surface area (Å²) in [5.41, 5.74) is 8.08. The van der Waals surface area contributed by atoms with Crippen molar-refractivity contribution in [3.8, 4) is 5.75 Å². The topological polar surface area (TPSA) is 35.2 Å². The third kappa shape index (κ3) is 3.33. The van der Waals surface area contributed by atoms with Crippen molar-refractivity contribution in [3.05, 3.63) is 64.7 Å². The van der Waals surface area contributed by atoms with Crippen LogP contribution < -0.4 is 10.5 Å². The molecule has 0 aliphatic carbocycles. The molecule has 0 aromatic heterocycles. The van der Waals surface area contributed by atoms with E-state index in [9.17, 15) is 8.78 Å². The Morgan fingerprint density at radius 3 is 2.55 bits per heavy atom. The molecule has 2 aromatic carbocycles. The Bertz CT molecular complexity index is 611. The van der Waals surface area contributed by atoms with Gasteiger partial charge in [0.2, 0.25) is 0 Å². The fourth-order valence-electron chi connectivity index (χ4n) is 1.94. The number of rotatable bonds is 4. The molecule has 0 bridgehead atoms. The Kier molecular flexibility index (Phi) is 4.35. The van der Waals surface area contributed by atoms with Crippen molar-refractivity contribution in [2.24, 2.45) is 5.73 Å². The standard InChI is InChI=1S/C16H17F2NO/c1-10-3-6-14(11(2)19)16(7-10)20-9-12-4-5-13(17)8-15(12)18/h3-8,11H,9,19H2,1-2H3/t11-/m1/s1. The molecule has 20 heavy (non-hydrogen) atoms. The van der Waals surface area contributed by atoms with E-state index in [2.05, 4.69) is 0 Å². The normalized spacial score (nSPS) is 12.2. The third-order valence-electron chi connectivity index (χ3n) is 3.06. The highest BCUT2D eigenvalue weighted by molar-refractivity contribution is 5.39. The van der Waals surface area contributed by atoms with Gasteiger partial charge >= 0.3 is 0 Å². The van der Waals surface area contributed by atoms with E-state index >= 15 is 0 Å². The summed E-state index contributed by atoms with van der Waals surface area (Å²) in [6, 6.07) is 8.97. The van der Waals surface area contributed by atoms with E-state index in [-0.39, 0.29) is 12.6 Å². The van der Waals surface area contributed by atoms with Crippen LogP contribution in [0.25, 0.3) is 0 Å². The first-order chi connectivity index (χ1) is 9.47. The molecule has 0 fully saturated rings. The van der Waals surface area contributed by atoms with Crippen molar-refractivity contribution in [1.82, 2.24) is 0 Å². The molecule has 0 aliphatic heterocycles. The first kappa shape index (κ1) is 14.5. The zero-order valence-corrected chi connectivity index (χ0v) is 11.5. The average molecular weight is 277 g/mol. The van der Waals surface area contributed by atoms with Crippen LogP contribution in [0.15, 0.2) is 36.4 Å². The lowest BCUT2D eigenvalue weighted by atomic mass is 10.1. The van der Waals surface area contributed by atoms with E-state index in [1.54, 1.807) is 0 Å². The summed E-state index contributed by atoms with van der Waals surface area (Å²) in [6.45, 7) is 3.83.